The second kappa shape index (κ2) is 6.31. The topological polar surface area (TPSA) is 66.8 Å². The fourth-order valence-electron chi connectivity index (χ4n) is 0.752. The molecule has 1 amide bonds. The van der Waals surface area contributed by atoms with Gasteiger partial charge in [-0.05, 0) is 0 Å². The highest BCUT2D eigenvalue weighted by atomic mass is 19.4. The summed E-state index contributed by atoms with van der Waals surface area (Å²) < 4.78 is 39.0. The number of carboxylic acid groups (broad SMARTS) is 1. The van der Waals surface area contributed by atoms with Gasteiger partial charge in [-0.15, -0.1) is 0 Å². The molecule has 94 valence electrons. The molecule has 0 fully saturated rings. The van der Waals surface area contributed by atoms with Gasteiger partial charge in [-0.2, -0.15) is 13.2 Å². The highest BCUT2D eigenvalue weighted by Crippen LogP contribution is 2.14. The van der Waals surface area contributed by atoms with Crippen LogP contribution in [0.1, 0.15) is 6.42 Å². The number of hydrogen-bond donors (Lipinski definition) is 1. The summed E-state index contributed by atoms with van der Waals surface area (Å²) in [4.78, 5) is 22.2. The molecule has 0 bridgehead atoms. The minimum atomic E-state index is -4.47. The Morgan fingerprint density at radius 2 is 1.94 bits per heavy atom. The molecule has 0 heterocycles. The van der Waals surface area contributed by atoms with Crippen LogP contribution in [0, 0.1) is 0 Å². The van der Waals surface area contributed by atoms with E-state index >= 15 is 0 Å². The zero-order valence-corrected chi connectivity index (χ0v) is 8.58. The van der Waals surface area contributed by atoms with Crippen LogP contribution in [-0.2, 0) is 14.3 Å². The maximum atomic E-state index is 11.6. The quantitative estimate of drug-likeness (QED) is 0.737. The monoisotopic (exact) mass is 243 g/mol. The van der Waals surface area contributed by atoms with E-state index in [0.29, 0.717) is 0 Å². The zero-order chi connectivity index (χ0) is 12.8. The summed E-state index contributed by atoms with van der Waals surface area (Å²) >= 11 is 0. The maximum Gasteiger partial charge on any atom is 0.411 e. The van der Waals surface area contributed by atoms with Crippen molar-refractivity contribution in [2.24, 2.45) is 0 Å². The highest BCUT2D eigenvalue weighted by molar-refractivity contribution is 5.77. The van der Waals surface area contributed by atoms with Gasteiger partial charge in [0.2, 0.25) is 5.91 Å². The fraction of sp³-hybridized carbons (Fsp3) is 0.750. The van der Waals surface area contributed by atoms with Crippen LogP contribution in [0.3, 0.4) is 0 Å². The molecule has 0 aliphatic heterocycles. The van der Waals surface area contributed by atoms with Crippen molar-refractivity contribution in [3.63, 3.8) is 0 Å². The van der Waals surface area contributed by atoms with Gasteiger partial charge >= 0.3 is 12.1 Å². The first-order valence-electron chi connectivity index (χ1n) is 4.32. The summed E-state index contributed by atoms with van der Waals surface area (Å²) in [6.07, 6.45) is -4.73. The van der Waals surface area contributed by atoms with Crippen LogP contribution < -0.4 is 0 Å². The molecule has 0 aromatic carbocycles. The molecule has 0 radical (unpaired) electrons. The van der Waals surface area contributed by atoms with Crippen molar-refractivity contribution in [1.29, 1.82) is 0 Å². The van der Waals surface area contributed by atoms with E-state index < -0.39 is 31.3 Å². The van der Waals surface area contributed by atoms with Crippen molar-refractivity contribution in [3.8, 4) is 0 Å². The van der Waals surface area contributed by atoms with Crippen LogP contribution in [0.15, 0.2) is 0 Å². The summed E-state index contributed by atoms with van der Waals surface area (Å²) in [6.45, 7) is -2.27. The molecule has 0 aliphatic carbocycles. The van der Waals surface area contributed by atoms with Gasteiger partial charge in [0.15, 0.2) is 0 Å². The van der Waals surface area contributed by atoms with Gasteiger partial charge < -0.3 is 14.7 Å². The lowest BCUT2D eigenvalue weighted by molar-refractivity contribution is -0.177. The average molecular weight is 243 g/mol. The third-order valence-electron chi connectivity index (χ3n) is 1.58. The summed E-state index contributed by atoms with van der Waals surface area (Å²) in [7, 11) is 1.29. The Hall–Kier alpha value is -1.31. The SMILES string of the molecule is CN(CCC(=O)O)C(=O)COCC(F)(F)F. The first-order valence-corrected chi connectivity index (χ1v) is 4.32. The van der Waals surface area contributed by atoms with Crippen LogP contribution in [0.4, 0.5) is 13.2 Å². The minimum absolute atomic E-state index is 0.0659. The highest BCUT2D eigenvalue weighted by Gasteiger charge is 2.28. The largest absolute Gasteiger partial charge is 0.481 e. The second-order valence-electron chi connectivity index (χ2n) is 3.07. The van der Waals surface area contributed by atoms with Crippen LogP contribution in [0.2, 0.25) is 0 Å². The van der Waals surface area contributed by atoms with Gasteiger partial charge in [0.1, 0.15) is 13.2 Å². The second-order valence-corrected chi connectivity index (χ2v) is 3.07. The van der Waals surface area contributed by atoms with E-state index in [0.717, 1.165) is 4.90 Å². The van der Waals surface area contributed by atoms with Gasteiger partial charge in [0, 0.05) is 13.6 Å². The van der Waals surface area contributed by atoms with E-state index in [-0.39, 0.29) is 13.0 Å². The molecule has 8 heteroatoms. The van der Waals surface area contributed by atoms with E-state index in [9.17, 15) is 22.8 Å². The molecular weight excluding hydrogens is 231 g/mol. The smallest absolute Gasteiger partial charge is 0.411 e. The zero-order valence-electron chi connectivity index (χ0n) is 8.58. The molecule has 0 atom stereocenters. The van der Waals surface area contributed by atoms with Crippen LogP contribution in [-0.4, -0.2) is 54.9 Å². The Labute approximate surface area is 89.8 Å². The van der Waals surface area contributed by atoms with E-state index in [2.05, 4.69) is 4.74 Å². The van der Waals surface area contributed by atoms with E-state index in [4.69, 9.17) is 5.11 Å². The van der Waals surface area contributed by atoms with Crippen molar-refractivity contribution in [3.05, 3.63) is 0 Å². The number of halogens is 3. The lowest BCUT2D eigenvalue weighted by atomic mass is 10.4. The van der Waals surface area contributed by atoms with Gasteiger partial charge in [0.05, 0.1) is 6.42 Å². The summed E-state index contributed by atoms with van der Waals surface area (Å²) in [6, 6.07) is 0. The van der Waals surface area contributed by atoms with E-state index in [1.807, 2.05) is 0 Å². The average Bonchev–Trinajstić information content (AvgIpc) is 2.11. The fourth-order valence-corrected chi connectivity index (χ4v) is 0.752. The Morgan fingerprint density at radius 1 is 1.38 bits per heavy atom. The molecule has 0 unspecified atom stereocenters. The van der Waals surface area contributed by atoms with Gasteiger partial charge in [-0.1, -0.05) is 0 Å². The number of nitrogens with zero attached hydrogens (tertiary/aromatic N) is 1. The normalized spacial score (nSPS) is 11.2. The lowest BCUT2D eigenvalue weighted by Crippen LogP contribution is -2.33. The van der Waals surface area contributed by atoms with Gasteiger partial charge in [-0.25, -0.2) is 0 Å². The molecule has 0 saturated heterocycles. The minimum Gasteiger partial charge on any atom is -0.481 e. The summed E-state index contributed by atoms with van der Waals surface area (Å²) in [5.74, 6) is -1.78. The first-order chi connectivity index (χ1) is 7.22. The van der Waals surface area contributed by atoms with Gasteiger partial charge in [0.25, 0.3) is 0 Å². The van der Waals surface area contributed by atoms with Crippen molar-refractivity contribution in [2.45, 2.75) is 12.6 Å². The van der Waals surface area contributed by atoms with Crippen molar-refractivity contribution in [2.75, 3.05) is 26.8 Å². The molecule has 0 saturated carbocycles. The van der Waals surface area contributed by atoms with Crippen molar-refractivity contribution >= 4 is 11.9 Å². The third-order valence-corrected chi connectivity index (χ3v) is 1.58. The standard InChI is InChI=1S/C8H12F3NO4/c1-12(3-2-7(14)15)6(13)4-16-5-8(9,10)11/h2-5H2,1H3,(H,14,15). The lowest BCUT2D eigenvalue weighted by Gasteiger charge is -2.16. The molecule has 1 N–H and O–H groups in total. The van der Waals surface area contributed by atoms with Crippen LogP contribution in [0.25, 0.3) is 0 Å². The number of aliphatic carboxylic acids is 1. The van der Waals surface area contributed by atoms with E-state index in [1.54, 1.807) is 0 Å². The number of carbonyl (C=O) groups is 2. The number of hydrogen-bond acceptors (Lipinski definition) is 3. The molecule has 16 heavy (non-hydrogen) atoms. The van der Waals surface area contributed by atoms with Crippen LogP contribution in [0.5, 0.6) is 0 Å². The predicted molar refractivity (Wildman–Crippen MR) is 46.8 cm³/mol. The third kappa shape index (κ3) is 8.04. The molecule has 0 spiro atoms. The summed E-state index contributed by atoms with van der Waals surface area (Å²) in [5, 5.41) is 8.31. The number of amides is 1. The number of carbonyl (C=O) groups excluding carboxylic acids is 1. The molecule has 0 aromatic heterocycles. The molecule has 5 nitrogen and oxygen atoms in total. The predicted octanol–water partition coefficient (Wildman–Crippen LogP) is 0.498. The number of carboxylic acids is 1. The number of alkyl halides is 3. The molecule has 0 aromatic rings. The first kappa shape index (κ1) is 14.7. The Morgan fingerprint density at radius 3 is 2.38 bits per heavy atom. The molecule has 0 aliphatic rings. The summed E-state index contributed by atoms with van der Waals surface area (Å²) in [5.41, 5.74) is 0. The number of likely N-dealkylation sites (N-methyl/N-ethyl adjacent to an activating group) is 1. The Bertz CT molecular complexity index is 254. The molecule has 0 rings (SSSR count). The van der Waals surface area contributed by atoms with Crippen LogP contribution >= 0.6 is 0 Å². The Balaban J connectivity index is 3.75. The number of rotatable bonds is 6. The molecular formula is C8H12F3NO4. The van der Waals surface area contributed by atoms with Crippen molar-refractivity contribution in [1.82, 2.24) is 4.90 Å². The van der Waals surface area contributed by atoms with Crippen molar-refractivity contribution < 1.29 is 32.6 Å². The maximum absolute atomic E-state index is 11.6. The van der Waals surface area contributed by atoms with E-state index in [1.165, 1.54) is 7.05 Å². The van der Waals surface area contributed by atoms with Gasteiger partial charge in [-0.3, -0.25) is 9.59 Å². The number of ether oxygens (including phenoxy) is 1. The Kier molecular flexibility index (Phi) is 5.79.